The number of thiazole rings is 1. The molecule has 2 aromatic rings. The van der Waals surface area contributed by atoms with Crippen LogP contribution in [0.15, 0.2) is 23.3 Å². The molecule has 2 unspecified atom stereocenters. The highest BCUT2D eigenvalue weighted by molar-refractivity contribution is 7.22. The molecule has 1 aromatic carbocycles. The van der Waals surface area contributed by atoms with E-state index < -0.39 is 17.6 Å². The van der Waals surface area contributed by atoms with E-state index in [2.05, 4.69) is 10.1 Å². The number of fused-ring (bicyclic) bond motifs is 1. The second-order valence-electron chi connectivity index (χ2n) is 5.59. The highest BCUT2D eigenvalue weighted by atomic mass is 32.1. The van der Waals surface area contributed by atoms with Crippen molar-refractivity contribution in [2.45, 2.75) is 32.9 Å². The van der Waals surface area contributed by atoms with Gasteiger partial charge in [0.15, 0.2) is 6.23 Å². The monoisotopic (exact) mass is 337 g/mol. The number of carboxylic acid groups (broad SMARTS) is 1. The molecule has 1 aromatic heterocycles. The molecule has 0 spiro atoms. The van der Waals surface area contributed by atoms with Crippen molar-refractivity contribution in [3.63, 3.8) is 0 Å². The number of nitrogens with zero attached hydrogens (tertiary/aromatic N) is 3. The summed E-state index contributed by atoms with van der Waals surface area (Å²) in [6.45, 7) is 3.53. The van der Waals surface area contributed by atoms with E-state index in [1.165, 1.54) is 28.5 Å². The Bertz CT molecular complexity index is 806. The Morgan fingerprint density at radius 2 is 2.26 bits per heavy atom. The second kappa shape index (κ2) is 5.54. The number of halogens is 1. The van der Waals surface area contributed by atoms with Crippen LogP contribution in [0.1, 0.15) is 26.7 Å². The Kier molecular flexibility index (Phi) is 3.81. The zero-order chi connectivity index (χ0) is 16.8. The summed E-state index contributed by atoms with van der Waals surface area (Å²) in [6.07, 6.45) is -0.893. The molecule has 1 aliphatic rings. The van der Waals surface area contributed by atoms with E-state index in [-0.39, 0.29) is 12.2 Å². The minimum Gasteiger partial charge on any atom is -0.481 e. The number of hydrazone groups is 1. The SMILES string of the molecule is CCC1(CC(=O)O)C(C)=NN(c2nc3ccc(F)cc3s2)C1O. The average Bonchev–Trinajstić information content (AvgIpc) is 3.00. The van der Waals surface area contributed by atoms with Gasteiger partial charge in [-0.15, -0.1) is 0 Å². The van der Waals surface area contributed by atoms with Gasteiger partial charge >= 0.3 is 5.97 Å². The van der Waals surface area contributed by atoms with Crippen molar-refractivity contribution in [3.8, 4) is 0 Å². The molecular weight excluding hydrogens is 321 g/mol. The van der Waals surface area contributed by atoms with Crippen LogP contribution in [-0.2, 0) is 4.79 Å². The molecule has 0 aliphatic carbocycles. The molecule has 2 N–H and O–H groups in total. The van der Waals surface area contributed by atoms with E-state index >= 15 is 0 Å². The fraction of sp³-hybridized carbons (Fsp3) is 0.400. The van der Waals surface area contributed by atoms with Gasteiger partial charge in [-0.1, -0.05) is 18.3 Å². The standard InChI is InChI=1S/C15H16FN3O3S/c1-3-15(7-12(20)21)8(2)18-19(13(15)22)14-17-10-5-4-9(16)6-11(10)23-14/h4-6,13,22H,3,7H2,1-2H3,(H,20,21). The molecule has 3 rings (SSSR count). The summed E-state index contributed by atoms with van der Waals surface area (Å²) in [7, 11) is 0. The summed E-state index contributed by atoms with van der Waals surface area (Å²) in [5.74, 6) is -1.35. The van der Waals surface area contributed by atoms with E-state index in [9.17, 15) is 14.3 Å². The van der Waals surface area contributed by atoms with Gasteiger partial charge in [0.1, 0.15) is 5.82 Å². The minimum atomic E-state index is -1.12. The molecule has 0 saturated carbocycles. The van der Waals surface area contributed by atoms with Crippen LogP contribution in [-0.4, -0.2) is 33.1 Å². The highest BCUT2D eigenvalue weighted by Crippen LogP contribution is 2.43. The van der Waals surface area contributed by atoms with E-state index in [0.29, 0.717) is 27.5 Å². The number of rotatable bonds is 4. The van der Waals surface area contributed by atoms with Crippen LogP contribution in [0.3, 0.4) is 0 Å². The second-order valence-corrected chi connectivity index (χ2v) is 6.60. The van der Waals surface area contributed by atoms with Gasteiger partial charge in [0.2, 0.25) is 5.13 Å². The van der Waals surface area contributed by atoms with Crippen LogP contribution < -0.4 is 5.01 Å². The van der Waals surface area contributed by atoms with Gasteiger partial charge in [-0.05, 0) is 31.5 Å². The zero-order valence-electron chi connectivity index (χ0n) is 12.7. The molecule has 2 atom stereocenters. The first kappa shape index (κ1) is 15.8. The number of benzene rings is 1. The van der Waals surface area contributed by atoms with E-state index in [1.54, 1.807) is 13.0 Å². The number of aliphatic hydroxyl groups excluding tert-OH is 1. The predicted molar refractivity (Wildman–Crippen MR) is 86.1 cm³/mol. The van der Waals surface area contributed by atoms with E-state index in [4.69, 9.17) is 5.11 Å². The third kappa shape index (κ3) is 2.47. The summed E-state index contributed by atoms with van der Waals surface area (Å²) in [4.78, 5) is 15.6. The molecular formula is C15H16FN3O3S. The third-order valence-corrected chi connectivity index (χ3v) is 5.34. The van der Waals surface area contributed by atoms with E-state index in [1.807, 2.05) is 6.92 Å². The summed E-state index contributed by atoms with van der Waals surface area (Å²) >= 11 is 1.20. The van der Waals surface area contributed by atoms with Gasteiger partial charge in [-0.3, -0.25) is 4.79 Å². The van der Waals surface area contributed by atoms with Crippen LogP contribution >= 0.6 is 11.3 Å². The average molecular weight is 337 g/mol. The van der Waals surface area contributed by atoms with Gasteiger partial charge in [-0.2, -0.15) is 5.10 Å². The molecule has 1 aliphatic heterocycles. The lowest BCUT2D eigenvalue weighted by Gasteiger charge is -2.31. The topological polar surface area (TPSA) is 86.0 Å². The van der Waals surface area contributed by atoms with Crippen molar-refractivity contribution in [1.82, 2.24) is 4.98 Å². The maximum Gasteiger partial charge on any atom is 0.304 e. The summed E-state index contributed by atoms with van der Waals surface area (Å²) in [5, 5.41) is 25.9. The Labute approximate surface area is 135 Å². The number of carboxylic acids is 1. The van der Waals surface area contributed by atoms with Gasteiger partial charge in [-0.25, -0.2) is 14.4 Å². The van der Waals surface area contributed by atoms with Crippen LogP contribution in [0.4, 0.5) is 9.52 Å². The Hall–Kier alpha value is -2.06. The Balaban J connectivity index is 2.01. The lowest BCUT2D eigenvalue weighted by atomic mass is 9.77. The van der Waals surface area contributed by atoms with Crippen molar-refractivity contribution >= 4 is 38.4 Å². The fourth-order valence-electron chi connectivity index (χ4n) is 2.92. The molecule has 2 heterocycles. The minimum absolute atomic E-state index is 0.212. The first-order valence-electron chi connectivity index (χ1n) is 7.18. The van der Waals surface area contributed by atoms with Gasteiger partial charge in [0.25, 0.3) is 0 Å². The number of aromatic nitrogens is 1. The maximum absolute atomic E-state index is 13.3. The summed E-state index contributed by atoms with van der Waals surface area (Å²) < 4.78 is 14.0. The summed E-state index contributed by atoms with van der Waals surface area (Å²) in [5.41, 5.74) is 0.216. The molecule has 0 amide bonds. The maximum atomic E-state index is 13.3. The van der Waals surface area contributed by atoms with Gasteiger partial charge in [0.05, 0.1) is 22.1 Å². The van der Waals surface area contributed by atoms with Crippen LogP contribution in [0, 0.1) is 11.2 Å². The molecule has 0 bridgehead atoms. The van der Waals surface area contributed by atoms with Crippen molar-refractivity contribution in [1.29, 1.82) is 0 Å². The molecule has 0 radical (unpaired) electrons. The number of hydrogen-bond donors (Lipinski definition) is 2. The van der Waals surface area contributed by atoms with Crippen molar-refractivity contribution in [2.24, 2.45) is 10.5 Å². The summed E-state index contributed by atoms with van der Waals surface area (Å²) in [6, 6.07) is 4.26. The number of aliphatic hydroxyl groups is 1. The molecule has 0 saturated heterocycles. The number of anilines is 1. The Morgan fingerprint density at radius 3 is 2.91 bits per heavy atom. The predicted octanol–water partition coefficient (Wildman–Crippen LogP) is 2.82. The first-order valence-corrected chi connectivity index (χ1v) is 8.00. The molecule has 8 heteroatoms. The molecule has 23 heavy (non-hydrogen) atoms. The number of hydrogen-bond acceptors (Lipinski definition) is 6. The lowest BCUT2D eigenvalue weighted by molar-refractivity contribution is -0.140. The molecule has 6 nitrogen and oxygen atoms in total. The van der Waals surface area contributed by atoms with Crippen LogP contribution in [0.25, 0.3) is 10.2 Å². The van der Waals surface area contributed by atoms with Crippen molar-refractivity contribution in [2.75, 3.05) is 5.01 Å². The quantitative estimate of drug-likeness (QED) is 0.896. The van der Waals surface area contributed by atoms with Gasteiger partial charge < -0.3 is 10.2 Å². The van der Waals surface area contributed by atoms with Crippen molar-refractivity contribution in [3.05, 3.63) is 24.0 Å². The van der Waals surface area contributed by atoms with E-state index in [0.717, 1.165) is 0 Å². The largest absolute Gasteiger partial charge is 0.481 e. The highest BCUT2D eigenvalue weighted by Gasteiger charge is 2.50. The molecule has 0 fully saturated rings. The first-order chi connectivity index (χ1) is 10.9. The number of carbonyl (C=O) groups is 1. The van der Waals surface area contributed by atoms with Crippen LogP contribution in [0.2, 0.25) is 0 Å². The Morgan fingerprint density at radius 1 is 1.52 bits per heavy atom. The third-order valence-electron chi connectivity index (χ3n) is 4.34. The molecule has 122 valence electrons. The normalized spacial score (nSPS) is 24.3. The van der Waals surface area contributed by atoms with Crippen LogP contribution in [0.5, 0.6) is 0 Å². The number of aliphatic carboxylic acids is 1. The lowest BCUT2D eigenvalue weighted by Crippen LogP contribution is -2.44. The van der Waals surface area contributed by atoms with Crippen molar-refractivity contribution < 1.29 is 19.4 Å². The van der Waals surface area contributed by atoms with Gasteiger partial charge in [0, 0.05) is 5.71 Å². The smallest absolute Gasteiger partial charge is 0.304 e. The zero-order valence-corrected chi connectivity index (χ0v) is 13.5. The fourth-order valence-corrected chi connectivity index (χ4v) is 3.89.